The Morgan fingerprint density at radius 1 is 1.08 bits per heavy atom. The minimum Gasteiger partial charge on any atom is -0.477 e. The quantitative estimate of drug-likeness (QED) is 0.251. The largest absolute Gasteiger partial charge is 0.514 e. The van der Waals surface area contributed by atoms with Crippen molar-refractivity contribution < 1.29 is 57.4 Å². The van der Waals surface area contributed by atoms with Crippen LogP contribution in [0, 0.1) is 0 Å². The first kappa shape index (κ1) is 34.0. The first-order chi connectivity index (χ1) is 23.5. The highest BCUT2D eigenvalue weighted by Gasteiger charge is 2.72. The van der Waals surface area contributed by atoms with Crippen LogP contribution in [0.2, 0.25) is 0 Å². The predicted molar refractivity (Wildman–Crippen MR) is 173 cm³/mol. The van der Waals surface area contributed by atoms with Gasteiger partial charge in [0.05, 0.1) is 17.4 Å². The summed E-state index contributed by atoms with van der Waals surface area (Å²) in [7, 11) is 1.97. The van der Waals surface area contributed by atoms with Crippen molar-refractivity contribution in [1.82, 2.24) is 4.90 Å². The second-order valence-corrected chi connectivity index (χ2v) is 15.0. The molecule has 2 aromatic rings. The van der Waals surface area contributed by atoms with Gasteiger partial charge in [0.2, 0.25) is 11.9 Å². The molecule has 2 aliphatic carbocycles. The van der Waals surface area contributed by atoms with Crippen LogP contribution in [-0.4, -0.2) is 82.9 Å². The molecule has 0 saturated carbocycles. The molecule has 50 heavy (non-hydrogen) atoms. The highest BCUT2D eigenvalue weighted by atomic mass is 16.8. The summed E-state index contributed by atoms with van der Waals surface area (Å²) in [5, 5.41) is 12.6. The Balaban J connectivity index is 1.20. The molecular formula is C37H41NO12. The monoisotopic (exact) mass is 691 g/mol. The van der Waals surface area contributed by atoms with E-state index in [0.29, 0.717) is 24.9 Å². The van der Waals surface area contributed by atoms with Gasteiger partial charge in [0.1, 0.15) is 11.4 Å². The number of carbonyl (C=O) groups excluding carboxylic acids is 4. The van der Waals surface area contributed by atoms with Crippen molar-refractivity contribution in [2.45, 2.75) is 107 Å². The van der Waals surface area contributed by atoms with E-state index in [1.54, 1.807) is 77.1 Å². The maximum Gasteiger partial charge on any atom is 0.514 e. The molecular weight excluding hydrogens is 650 g/mol. The number of rotatable bonds is 7. The lowest BCUT2D eigenvalue weighted by Crippen LogP contribution is -2.74. The Hall–Kier alpha value is -4.46. The van der Waals surface area contributed by atoms with E-state index in [1.165, 1.54) is 0 Å². The Bertz CT molecular complexity index is 1780. The van der Waals surface area contributed by atoms with Crippen LogP contribution in [0.4, 0.5) is 4.79 Å². The molecule has 2 aromatic carbocycles. The molecule has 0 amide bonds. The molecule has 7 rings (SSSR count). The number of cyclic esters (lactones) is 1. The average molecular weight is 692 g/mol. The van der Waals surface area contributed by atoms with E-state index in [-0.39, 0.29) is 29.7 Å². The molecule has 13 heteroatoms. The van der Waals surface area contributed by atoms with Crippen LogP contribution in [0.15, 0.2) is 54.3 Å². The Morgan fingerprint density at radius 2 is 1.82 bits per heavy atom. The molecule has 5 aliphatic rings. The number of hydrogen-bond donors (Lipinski definition) is 1. The van der Waals surface area contributed by atoms with Gasteiger partial charge in [-0.05, 0) is 64.9 Å². The van der Waals surface area contributed by atoms with Gasteiger partial charge in [0.15, 0.2) is 23.7 Å². The third-order valence-corrected chi connectivity index (χ3v) is 10.1. The fourth-order valence-corrected chi connectivity index (χ4v) is 8.10. The lowest BCUT2D eigenvalue weighted by Gasteiger charge is -2.61. The molecule has 3 aliphatic heterocycles. The molecule has 2 saturated heterocycles. The highest BCUT2D eigenvalue weighted by molar-refractivity contribution is 5.86. The first-order valence-electron chi connectivity index (χ1n) is 16.7. The first-order valence-corrected chi connectivity index (χ1v) is 16.7. The number of carbonyl (C=O) groups is 4. The number of nitrogens with zero attached hydrogens (tertiary/aromatic N) is 1. The SMILES string of the molecule is CN1CC[C@]23c4c5ccc(OC(=O)OC(C)(C)C)c4O[C@H]2C(OC(=O)[C@@H](OC(=O)C[C@@H]2OC(C)(C)OC2=O)c2ccccc2)=CC[C@]3(O)C1C5. The smallest absolute Gasteiger partial charge is 0.477 e. The Labute approximate surface area is 289 Å². The van der Waals surface area contributed by atoms with Gasteiger partial charge in [-0.3, -0.25) is 4.79 Å². The van der Waals surface area contributed by atoms with Crippen molar-refractivity contribution in [3.8, 4) is 11.5 Å². The van der Waals surface area contributed by atoms with Crippen molar-refractivity contribution in [3.05, 3.63) is 71.0 Å². The summed E-state index contributed by atoms with van der Waals surface area (Å²) in [5.74, 6) is -3.14. The number of ether oxygens (including phenoxy) is 7. The second kappa shape index (κ2) is 11.8. The number of esters is 3. The summed E-state index contributed by atoms with van der Waals surface area (Å²) < 4.78 is 40.1. The van der Waals surface area contributed by atoms with Gasteiger partial charge in [0.25, 0.3) is 0 Å². The number of hydrogen-bond acceptors (Lipinski definition) is 13. The van der Waals surface area contributed by atoms with Gasteiger partial charge in [-0.15, -0.1) is 0 Å². The van der Waals surface area contributed by atoms with Gasteiger partial charge in [-0.1, -0.05) is 36.4 Å². The van der Waals surface area contributed by atoms with E-state index in [9.17, 15) is 24.3 Å². The third kappa shape index (κ3) is 5.61. The van der Waals surface area contributed by atoms with Crippen LogP contribution in [-0.2, 0) is 49.9 Å². The normalized spacial score (nSPS) is 29.5. The lowest BCUT2D eigenvalue weighted by atomic mass is 9.50. The van der Waals surface area contributed by atoms with Crippen molar-refractivity contribution in [3.63, 3.8) is 0 Å². The maximum absolute atomic E-state index is 14.0. The fourth-order valence-electron chi connectivity index (χ4n) is 8.10. The van der Waals surface area contributed by atoms with Crippen LogP contribution in [0.25, 0.3) is 0 Å². The van der Waals surface area contributed by atoms with Crippen molar-refractivity contribution >= 4 is 24.1 Å². The standard InChI is InChI=1S/C37H41NO12/c1-34(2,3)50-33(42)45-22-13-12-21-18-25-37(43)15-14-23(30-36(37,16-17-38(25)6)27(21)29(22)47-30)44-32(41)28(20-10-8-7-9-11-20)46-26(39)19-24-31(40)49-35(4,5)48-24/h7-14,24-25,28,30,43H,15-19H2,1-6H3/t24-,25?,28-,30-,36-,37-/m0/s1. The van der Waals surface area contributed by atoms with E-state index in [2.05, 4.69) is 4.90 Å². The van der Waals surface area contributed by atoms with Crippen LogP contribution in [0.3, 0.4) is 0 Å². The van der Waals surface area contributed by atoms with Crippen LogP contribution < -0.4 is 9.47 Å². The molecule has 6 atom stereocenters. The van der Waals surface area contributed by atoms with Gasteiger partial charge in [-0.25, -0.2) is 14.4 Å². The molecule has 266 valence electrons. The van der Waals surface area contributed by atoms with E-state index in [0.717, 1.165) is 11.1 Å². The van der Waals surface area contributed by atoms with Gasteiger partial charge < -0.3 is 43.2 Å². The number of likely N-dealkylation sites (N-methyl/N-ethyl adjacent to an activating group) is 1. The Kier molecular flexibility index (Phi) is 8.04. The molecule has 1 spiro atoms. The van der Waals surface area contributed by atoms with E-state index < -0.39 is 71.2 Å². The minimum absolute atomic E-state index is 0.124. The van der Waals surface area contributed by atoms with E-state index in [4.69, 9.17) is 33.2 Å². The molecule has 1 unspecified atom stereocenters. The topological polar surface area (TPSA) is 156 Å². The van der Waals surface area contributed by atoms with Crippen molar-refractivity contribution in [2.75, 3.05) is 13.6 Å². The van der Waals surface area contributed by atoms with Crippen LogP contribution in [0.1, 0.15) is 76.7 Å². The zero-order valence-corrected chi connectivity index (χ0v) is 28.8. The summed E-state index contributed by atoms with van der Waals surface area (Å²) >= 11 is 0. The highest BCUT2D eigenvalue weighted by Crippen LogP contribution is 2.65. The van der Waals surface area contributed by atoms with Crippen LogP contribution >= 0.6 is 0 Å². The zero-order valence-electron chi connectivity index (χ0n) is 28.8. The average Bonchev–Trinajstić information content (AvgIpc) is 3.51. The molecule has 3 heterocycles. The second-order valence-electron chi connectivity index (χ2n) is 15.0. The van der Waals surface area contributed by atoms with Crippen molar-refractivity contribution in [2.24, 2.45) is 0 Å². The molecule has 0 aromatic heterocycles. The number of benzene rings is 2. The summed E-state index contributed by atoms with van der Waals surface area (Å²) in [6.45, 7) is 8.91. The van der Waals surface area contributed by atoms with E-state index >= 15 is 0 Å². The van der Waals surface area contributed by atoms with Gasteiger partial charge >= 0.3 is 24.1 Å². The maximum atomic E-state index is 14.0. The Morgan fingerprint density at radius 3 is 2.50 bits per heavy atom. The van der Waals surface area contributed by atoms with Gasteiger partial charge in [-0.2, -0.15) is 0 Å². The molecule has 2 fully saturated rings. The predicted octanol–water partition coefficient (Wildman–Crippen LogP) is 4.17. The number of aliphatic hydroxyl groups is 1. The molecule has 2 bridgehead atoms. The molecule has 13 nitrogen and oxygen atoms in total. The van der Waals surface area contributed by atoms with Gasteiger partial charge in [0, 0.05) is 37.4 Å². The van der Waals surface area contributed by atoms with Crippen LogP contribution in [0.5, 0.6) is 11.5 Å². The summed E-state index contributed by atoms with van der Waals surface area (Å²) in [6, 6.07) is 11.6. The summed E-state index contributed by atoms with van der Waals surface area (Å²) in [4.78, 5) is 54.4. The summed E-state index contributed by atoms with van der Waals surface area (Å²) in [6.07, 6.45) is -2.28. The minimum atomic E-state index is -1.50. The number of piperidine rings is 1. The summed E-state index contributed by atoms with van der Waals surface area (Å²) in [5.41, 5.74) is -1.16. The third-order valence-electron chi connectivity index (χ3n) is 10.1. The number of likely N-dealkylation sites (tertiary alicyclic amines) is 1. The zero-order chi connectivity index (χ0) is 35.8. The van der Waals surface area contributed by atoms with Crippen molar-refractivity contribution in [1.29, 1.82) is 0 Å². The molecule has 0 radical (unpaired) electrons. The fraction of sp³-hybridized carbons (Fsp3) is 0.514. The molecule has 1 N–H and O–H groups in total. The van der Waals surface area contributed by atoms with E-state index in [1.807, 2.05) is 13.1 Å². The lowest BCUT2D eigenvalue weighted by molar-refractivity contribution is -0.178.